The third kappa shape index (κ3) is 9.67. The van der Waals surface area contributed by atoms with Crippen molar-refractivity contribution in [2.24, 2.45) is 0 Å². The van der Waals surface area contributed by atoms with Gasteiger partial charge >= 0.3 is 0 Å². The highest BCUT2D eigenvalue weighted by Crippen LogP contribution is 2.07. The minimum Gasteiger partial charge on any atom is -0.303 e. The second-order valence-electron chi connectivity index (χ2n) is 3.24. The van der Waals surface area contributed by atoms with Crippen LogP contribution in [-0.4, -0.2) is 6.29 Å². The summed E-state index contributed by atoms with van der Waals surface area (Å²) in [6.07, 6.45) is 12.8. The maximum Gasteiger partial charge on any atom is 0.119 e. The van der Waals surface area contributed by atoms with Gasteiger partial charge in [-0.2, -0.15) is 0 Å². The molecule has 0 saturated heterocycles. The Hall–Kier alpha value is -0.330. The van der Waals surface area contributed by atoms with Gasteiger partial charge in [-0.1, -0.05) is 39.0 Å². The molecule has 0 aromatic heterocycles. The Morgan fingerprint density at radius 1 is 0.917 bits per heavy atom. The largest absolute Gasteiger partial charge is 0.303 e. The molecule has 0 N–H and O–H groups in total. The van der Waals surface area contributed by atoms with E-state index < -0.39 is 0 Å². The summed E-state index contributed by atoms with van der Waals surface area (Å²) in [6, 6.07) is 0. The van der Waals surface area contributed by atoms with E-state index >= 15 is 0 Å². The van der Waals surface area contributed by atoms with Gasteiger partial charge in [-0.05, 0) is 19.3 Å². The summed E-state index contributed by atoms with van der Waals surface area (Å²) in [7, 11) is 0. The molecule has 0 fully saturated rings. The lowest BCUT2D eigenvalue weighted by molar-refractivity contribution is -0.107. The van der Waals surface area contributed by atoms with Gasteiger partial charge in [0.2, 0.25) is 0 Å². The highest BCUT2D eigenvalue weighted by Gasteiger charge is 1.90. The highest BCUT2D eigenvalue weighted by atomic mass is 16.1. The van der Waals surface area contributed by atoms with Crippen LogP contribution in [0.2, 0.25) is 0 Å². The molecule has 0 saturated carbocycles. The lowest BCUT2D eigenvalue weighted by atomic mass is 10.1. The standard InChI is InChI=1S/C11H21O/c1-2-3-4-5-6-7-8-9-10-11-12/h7,11H,2-6,8-10H2,1H3. The molecule has 1 radical (unpaired) electrons. The fourth-order valence-electron chi connectivity index (χ4n) is 1.21. The lowest BCUT2D eigenvalue weighted by Crippen LogP contribution is -1.82. The van der Waals surface area contributed by atoms with Gasteiger partial charge in [0, 0.05) is 6.42 Å². The number of carbonyl (C=O) groups is 1. The van der Waals surface area contributed by atoms with Gasteiger partial charge in [0.05, 0.1) is 0 Å². The first kappa shape index (κ1) is 11.7. The first-order chi connectivity index (χ1) is 5.91. The number of hydrogen-bond acceptors (Lipinski definition) is 1. The zero-order valence-corrected chi connectivity index (χ0v) is 8.22. The van der Waals surface area contributed by atoms with Gasteiger partial charge in [0.15, 0.2) is 0 Å². The van der Waals surface area contributed by atoms with Crippen LogP contribution < -0.4 is 0 Å². The Bertz CT molecular complexity index is 89.0. The van der Waals surface area contributed by atoms with Gasteiger partial charge in [-0.25, -0.2) is 0 Å². The van der Waals surface area contributed by atoms with E-state index in [-0.39, 0.29) is 0 Å². The first-order valence-electron chi connectivity index (χ1n) is 5.17. The molecule has 0 aromatic carbocycles. The predicted molar refractivity (Wildman–Crippen MR) is 53.0 cm³/mol. The average molecular weight is 169 g/mol. The van der Waals surface area contributed by atoms with Gasteiger partial charge in [-0.3, -0.25) is 0 Å². The molecule has 0 spiro atoms. The molecule has 0 heterocycles. The number of aldehydes is 1. The second kappa shape index (κ2) is 10.7. The van der Waals surface area contributed by atoms with Crippen LogP contribution in [0.15, 0.2) is 0 Å². The Labute approximate surface area is 76.6 Å². The van der Waals surface area contributed by atoms with E-state index in [4.69, 9.17) is 0 Å². The lowest BCUT2D eigenvalue weighted by Gasteiger charge is -1.98. The number of rotatable bonds is 9. The summed E-state index contributed by atoms with van der Waals surface area (Å²) >= 11 is 0. The fourth-order valence-corrected chi connectivity index (χ4v) is 1.21. The summed E-state index contributed by atoms with van der Waals surface area (Å²) in [6.45, 7) is 2.23. The number of unbranched alkanes of at least 4 members (excludes halogenated alkanes) is 8. The number of carbonyl (C=O) groups excluding carboxylic acids is 1. The molecule has 0 aliphatic heterocycles. The molecule has 12 heavy (non-hydrogen) atoms. The van der Waals surface area contributed by atoms with Crippen molar-refractivity contribution in [2.45, 2.75) is 58.3 Å². The van der Waals surface area contributed by atoms with Crippen molar-refractivity contribution in [3.05, 3.63) is 6.42 Å². The fraction of sp³-hybridized carbons (Fsp3) is 0.818. The third-order valence-corrected chi connectivity index (χ3v) is 1.99. The molecular weight excluding hydrogens is 148 g/mol. The van der Waals surface area contributed by atoms with Crippen LogP contribution in [0.3, 0.4) is 0 Å². The maximum atomic E-state index is 9.97. The Balaban J connectivity index is 2.77. The van der Waals surface area contributed by atoms with Crippen LogP contribution >= 0.6 is 0 Å². The van der Waals surface area contributed by atoms with Gasteiger partial charge < -0.3 is 4.79 Å². The van der Waals surface area contributed by atoms with E-state index in [1.165, 1.54) is 32.1 Å². The Morgan fingerprint density at radius 3 is 2.33 bits per heavy atom. The summed E-state index contributed by atoms with van der Waals surface area (Å²) in [4.78, 5) is 9.97. The van der Waals surface area contributed by atoms with Crippen molar-refractivity contribution in [1.29, 1.82) is 0 Å². The van der Waals surface area contributed by atoms with E-state index in [1.54, 1.807) is 0 Å². The van der Waals surface area contributed by atoms with E-state index in [0.29, 0.717) is 0 Å². The van der Waals surface area contributed by atoms with Crippen molar-refractivity contribution in [3.8, 4) is 0 Å². The predicted octanol–water partition coefficient (Wildman–Crippen LogP) is 3.53. The minimum atomic E-state index is 0.728. The van der Waals surface area contributed by atoms with Crippen molar-refractivity contribution >= 4 is 6.29 Å². The smallest absolute Gasteiger partial charge is 0.119 e. The summed E-state index contributed by atoms with van der Waals surface area (Å²) < 4.78 is 0. The topological polar surface area (TPSA) is 17.1 Å². The van der Waals surface area contributed by atoms with E-state index in [2.05, 4.69) is 13.3 Å². The van der Waals surface area contributed by atoms with Crippen LogP contribution in [-0.2, 0) is 4.79 Å². The number of hydrogen-bond donors (Lipinski definition) is 0. The molecule has 71 valence electrons. The monoisotopic (exact) mass is 169 g/mol. The molecule has 0 aliphatic rings. The van der Waals surface area contributed by atoms with Crippen LogP contribution in [0, 0.1) is 6.42 Å². The van der Waals surface area contributed by atoms with Crippen LogP contribution in [0.25, 0.3) is 0 Å². The highest BCUT2D eigenvalue weighted by molar-refractivity contribution is 5.48. The minimum absolute atomic E-state index is 0.728. The quantitative estimate of drug-likeness (QED) is 0.381. The zero-order valence-electron chi connectivity index (χ0n) is 8.22. The van der Waals surface area contributed by atoms with Crippen molar-refractivity contribution < 1.29 is 4.79 Å². The van der Waals surface area contributed by atoms with Crippen LogP contribution in [0.4, 0.5) is 0 Å². The third-order valence-electron chi connectivity index (χ3n) is 1.99. The molecule has 0 rings (SSSR count). The molecule has 0 unspecified atom stereocenters. The van der Waals surface area contributed by atoms with E-state index in [9.17, 15) is 4.79 Å². The Morgan fingerprint density at radius 2 is 1.67 bits per heavy atom. The van der Waals surface area contributed by atoms with Crippen LogP contribution in [0.5, 0.6) is 0 Å². The molecule has 0 amide bonds. The molecular formula is C11H21O. The molecule has 0 aromatic rings. The molecule has 1 heteroatoms. The van der Waals surface area contributed by atoms with Crippen LogP contribution in [0.1, 0.15) is 58.3 Å². The average Bonchev–Trinajstić information content (AvgIpc) is 2.10. The normalized spacial score (nSPS) is 10.1. The molecule has 0 bridgehead atoms. The zero-order chi connectivity index (χ0) is 9.07. The van der Waals surface area contributed by atoms with E-state index in [1.807, 2.05) is 0 Å². The molecule has 1 nitrogen and oxygen atoms in total. The molecule has 0 aliphatic carbocycles. The Kier molecular flexibility index (Phi) is 10.4. The van der Waals surface area contributed by atoms with Crippen molar-refractivity contribution in [3.63, 3.8) is 0 Å². The van der Waals surface area contributed by atoms with E-state index in [0.717, 1.165) is 25.5 Å². The maximum absolute atomic E-state index is 9.97. The SMILES string of the molecule is CCCCCC[CH]CCCC=O. The summed E-state index contributed by atoms with van der Waals surface area (Å²) in [5.41, 5.74) is 0. The van der Waals surface area contributed by atoms with Gasteiger partial charge in [-0.15, -0.1) is 0 Å². The van der Waals surface area contributed by atoms with Crippen molar-refractivity contribution in [2.75, 3.05) is 0 Å². The molecule has 0 atom stereocenters. The summed E-state index contributed by atoms with van der Waals surface area (Å²) in [5, 5.41) is 0. The van der Waals surface area contributed by atoms with Gasteiger partial charge in [0.1, 0.15) is 6.29 Å². The summed E-state index contributed by atoms with van der Waals surface area (Å²) in [5.74, 6) is 0. The first-order valence-corrected chi connectivity index (χ1v) is 5.17. The van der Waals surface area contributed by atoms with Crippen molar-refractivity contribution in [1.82, 2.24) is 0 Å². The van der Waals surface area contributed by atoms with Gasteiger partial charge in [0.25, 0.3) is 0 Å². The second-order valence-corrected chi connectivity index (χ2v) is 3.24.